The number of hydrogen-bond donors (Lipinski definition) is 1. The van der Waals surface area contributed by atoms with Crippen LogP contribution < -0.4 is 10.5 Å². The minimum atomic E-state index is 0.544. The van der Waals surface area contributed by atoms with E-state index in [-0.39, 0.29) is 0 Å². The molecule has 17 heavy (non-hydrogen) atoms. The van der Waals surface area contributed by atoms with Crippen molar-refractivity contribution in [2.45, 2.75) is 19.5 Å². The molecular weight excluding hydrogens is 214 g/mol. The van der Waals surface area contributed by atoms with Gasteiger partial charge in [-0.1, -0.05) is 12.1 Å². The Morgan fingerprint density at radius 1 is 1.24 bits per heavy atom. The van der Waals surface area contributed by atoms with Gasteiger partial charge in [-0.15, -0.1) is 0 Å². The summed E-state index contributed by atoms with van der Waals surface area (Å²) >= 11 is 0. The van der Waals surface area contributed by atoms with Gasteiger partial charge in [-0.2, -0.15) is 5.10 Å². The van der Waals surface area contributed by atoms with Gasteiger partial charge in [-0.3, -0.25) is 4.68 Å². The predicted molar refractivity (Wildman–Crippen MR) is 66.8 cm³/mol. The fourth-order valence-electron chi connectivity index (χ4n) is 1.67. The van der Waals surface area contributed by atoms with Crippen LogP contribution in [-0.2, 0) is 19.5 Å². The number of nitrogens with zero attached hydrogens (tertiary/aromatic N) is 2. The molecule has 1 heterocycles. The first kappa shape index (κ1) is 11.7. The molecule has 0 radical (unpaired) electrons. The van der Waals surface area contributed by atoms with Crippen LogP contribution in [0.3, 0.4) is 0 Å². The first-order valence-electron chi connectivity index (χ1n) is 5.66. The number of hydrogen-bond acceptors (Lipinski definition) is 3. The maximum absolute atomic E-state index is 5.54. The van der Waals surface area contributed by atoms with Crippen LogP contribution >= 0.6 is 0 Å². The third-order valence-electron chi connectivity index (χ3n) is 2.71. The summed E-state index contributed by atoms with van der Waals surface area (Å²) < 4.78 is 7.04. The first-order valence-corrected chi connectivity index (χ1v) is 5.66. The molecule has 0 spiro atoms. The second-order valence-corrected chi connectivity index (χ2v) is 3.91. The molecule has 0 aliphatic rings. The largest absolute Gasteiger partial charge is 0.497 e. The molecule has 0 aliphatic carbocycles. The molecule has 4 nitrogen and oxygen atoms in total. The van der Waals surface area contributed by atoms with Gasteiger partial charge in [0.1, 0.15) is 5.75 Å². The average Bonchev–Trinajstić information content (AvgIpc) is 2.85. The van der Waals surface area contributed by atoms with Crippen LogP contribution in [0.15, 0.2) is 36.7 Å². The van der Waals surface area contributed by atoms with E-state index >= 15 is 0 Å². The van der Waals surface area contributed by atoms with Gasteiger partial charge in [0.05, 0.1) is 13.3 Å². The Bertz CT molecular complexity index is 462. The van der Waals surface area contributed by atoms with E-state index in [1.807, 2.05) is 29.2 Å². The Morgan fingerprint density at radius 3 is 2.59 bits per heavy atom. The van der Waals surface area contributed by atoms with Crippen molar-refractivity contribution >= 4 is 0 Å². The number of rotatable bonds is 5. The smallest absolute Gasteiger partial charge is 0.118 e. The van der Waals surface area contributed by atoms with Gasteiger partial charge < -0.3 is 10.5 Å². The van der Waals surface area contributed by atoms with Crippen molar-refractivity contribution < 1.29 is 4.74 Å². The molecule has 1 aromatic heterocycles. The van der Waals surface area contributed by atoms with Crippen LogP contribution in [0, 0.1) is 0 Å². The summed E-state index contributed by atoms with van der Waals surface area (Å²) in [6.07, 6.45) is 4.76. The molecule has 0 bridgehead atoms. The molecule has 4 heteroatoms. The number of methoxy groups -OCH3 is 1. The van der Waals surface area contributed by atoms with Gasteiger partial charge in [0.15, 0.2) is 0 Å². The summed E-state index contributed by atoms with van der Waals surface area (Å²) in [7, 11) is 1.67. The third-order valence-corrected chi connectivity index (χ3v) is 2.71. The summed E-state index contributed by atoms with van der Waals surface area (Å²) in [5, 5.41) is 4.25. The van der Waals surface area contributed by atoms with E-state index in [0.29, 0.717) is 6.54 Å². The molecule has 1 aromatic carbocycles. The Morgan fingerprint density at radius 2 is 2.00 bits per heavy atom. The fraction of sp³-hybridized carbons (Fsp3) is 0.308. The zero-order valence-electron chi connectivity index (χ0n) is 9.97. The number of benzene rings is 1. The lowest BCUT2D eigenvalue weighted by Gasteiger charge is -2.03. The summed E-state index contributed by atoms with van der Waals surface area (Å²) in [4.78, 5) is 0. The summed E-state index contributed by atoms with van der Waals surface area (Å²) in [5.74, 6) is 0.887. The van der Waals surface area contributed by atoms with E-state index in [9.17, 15) is 0 Å². The highest BCUT2D eigenvalue weighted by Gasteiger charge is 1.98. The SMILES string of the molecule is COc1ccc(CCn2cc(CN)cn2)cc1. The van der Waals surface area contributed by atoms with Gasteiger partial charge in [-0.25, -0.2) is 0 Å². The summed E-state index contributed by atoms with van der Waals surface area (Å²) in [6, 6.07) is 8.10. The molecule has 2 rings (SSSR count). The summed E-state index contributed by atoms with van der Waals surface area (Å²) in [6.45, 7) is 1.41. The van der Waals surface area contributed by atoms with E-state index in [2.05, 4.69) is 17.2 Å². The highest BCUT2D eigenvalue weighted by molar-refractivity contribution is 5.27. The van der Waals surface area contributed by atoms with Crippen LogP contribution in [-0.4, -0.2) is 16.9 Å². The molecule has 0 saturated carbocycles. The lowest BCUT2D eigenvalue weighted by atomic mass is 10.1. The van der Waals surface area contributed by atoms with Crippen LogP contribution in [0.25, 0.3) is 0 Å². The maximum atomic E-state index is 5.54. The molecule has 2 aromatic rings. The van der Waals surface area contributed by atoms with Gasteiger partial charge >= 0.3 is 0 Å². The molecule has 0 fully saturated rings. The third kappa shape index (κ3) is 3.07. The molecular formula is C13H17N3O. The van der Waals surface area contributed by atoms with E-state index in [0.717, 1.165) is 24.3 Å². The average molecular weight is 231 g/mol. The highest BCUT2D eigenvalue weighted by atomic mass is 16.5. The van der Waals surface area contributed by atoms with Crippen LogP contribution in [0.5, 0.6) is 5.75 Å². The van der Waals surface area contributed by atoms with Crippen molar-refractivity contribution in [2.75, 3.05) is 7.11 Å². The second kappa shape index (κ2) is 5.50. The Balaban J connectivity index is 1.92. The van der Waals surface area contributed by atoms with Gasteiger partial charge in [0, 0.05) is 24.8 Å². The zero-order valence-corrected chi connectivity index (χ0v) is 9.97. The molecule has 90 valence electrons. The molecule has 0 amide bonds. The number of aromatic nitrogens is 2. The number of aryl methyl sites for hydroxylation is 2. The van der Waals surface area contributed by atoms with E-state index in [1.54, 1.807) is 7.11 Å². The van der Waals surface area contributed by atoms with E-state index in [4.69, 9.17) is 10.5 Å². The quantitative estimate of drug-likeness (QED) is 0.850. The molecule has 0 saturated heterocycles. The minimum absolute atomic E-state index is 0.544. The number of ether oxygens (including phenoxy) is 1. The monoisotopic (exact) mass is 231 g/mol. The Hall–Kier alpha value is -1.81. The normalized spacial score (nSPS) is 10.5. The van der Waals surface area contributed by atoms with Crippen molar-refractivity contribution in [2.24, 2.45) is 5.73 Å². The Kier molecular flexibility index (Phi) is 3.77. The van der Waals surface area contributed by atoms with Gasteiger partial charge in [0.2, 0.25) is 0 Å². The van der Waals surface area contributed by atoms with Crippen molar-refractivity contribution in [1.82, 2.24) is 9.78 Å². The standard InChI is InChI=1S/C13H17N3O/c1-17-13-4-2-11(3-5-13)6-7-16-10-12(8-14)9-15-16/h2-5,9-10H,6-8,14H2,1H3. The topological polar surface area (TPSA) is 53.1 Å². The van der Waals surface area contributed by atoms with Crippen molar-refractivity contribution in [3.05, 3.63) is 47.8 Å². The van der Waals surface area contributed by atoms with E-state index in [1.165, 1.54) is 5.56 Å². The van der Waals surface area contributed by atoms with Gasteiger partial charge in [-0.05, 0) is 24.1 Å². The van der Waals surface area contributed by atoms with Crippen LogP contribution in [0.1, 0.15) is 11.1 Å². The van der Waals surface area contributed by atoms with Crippen LogP contribution in [0.4, 0.5) is 0 Å². The Labute approximate surface area is 101 Å². The fourth-order valence-corrected chi connectivity index (χ4v) is 1.67. The molecule has 0 aliphatic heterocycles. The first-order chi connectivity index (χ1) is 8.31. The van der Waals surface area contributed by atoms with Crippen molar-refractivity contribution in [1.29, 1.82) is 0 Å². The number of nitrogens with two attached hydrogens (primary N) is 1. The van der Waals surface area contributed by atoms with Gasteiger partial charge in [0.25, 0.3) is 0 Å². The lowest BCUT2D eigenvalue weighted by molar-refractivity contribution is 0.414. The maximum Gasteiger partial charge on any atom is 0.118 e. The zero-order chi connectivity index (χ0) is 12.1. The highest BCUT2D eigenvalue weighted by Crippen LogP contribution is 2.12. The van der Waals surface area contributed by atoms with Crippen molar-refractivity contribution in [3.63, 3.8) is 0 Å². The molecule has 0 atom stereocenters. The second-order valence-electron chi connectivity index (χ2n) is 3.91. The summed E-state index contributed by atoms with van der Waals surface area (Å²) in [5.41, 5.74) is 7.88. The predicted octanol–water partition coefficient (Wildman–Crippen LogP) is 1.59. The molecule has 2 N–H and O–H groups in total. The molecule has 0 unspecified atom stereocenters. The van der Waals surface area contributed by atoms with E-state index < -0.39 is 0 Å². The minimum Gasteiger partial charge on any atom is -0.497 e. The lowest BCUT2D eigenvalue weighted by Crippen LogP contribution is -2.02. The van der Waals surface area contributed by atoms with Crippen LogP contribution in [0.2, 0.25) is 0 Å². The van der Waals surface area contributed by atoms with Crippen molar-refractivity contribution in [3.8, 4) is 5.75 Å².